The molecule has 1 N–H and O–H groups in total. The summed E-state index contributed by atoms with van der Waals surface area (Å²) in [7, 11) is 0. The number of amides is 1. The van der Waals surface area contributed by atoms with Gasteiger partial charge in [0.1, 0.15) is 0 Å². The molecule has 4 rings (SSSR count). The Morgan fingerprint density at radius 2 is 1.93 bits per heavy atom. The van der Waals surface area contributed by atoms with Gasteiger partial charge in [0.2, 0.25) is 5.91 Å². The highest BCUT2D eigenvalue weighted by atomic mass is 32.1. The van der Waals surface area contributed by atoms with Crippen LogP contribution in [0, 0.1) is 11.8 Å². The summed E-state index contributed by atoms with van der Waals surface area (Å²) in [5.74, 6) is -2.23. The van der Waals surface area contributed by atoms with Crippen molar-refractivity contribution in [2.75, 3.05) is 16.8 Å². The second-order valence-electron chi connectivity index (χ2n) is 7.68. The molecule has 150 valence electrons. The first-order valence-electron chi connectivity index (χ1n) is 9.68. The van der Waals surface area contributed by atoms with E-state index in [9.17, 15) is 18.0 Å². The van der Waals surface area contributed by atoms with Gasteiger partial charge in [-0.25, -0.2) is 0 Å². The van der Waals surface area contributed by atoms with E-state index in [2.05, 4.69) is 21.7 Å². The minimum atomic E-state index is -4.21. The van der Waals surface area contributed by atoms with E-state index in [1.807, 2.05) is 24.3 Å². The molecule has 28 heavy (non-hydrogen) atoms. The highest BCUT2D eigenvalue weighted by molar-refractivity contribution is 7.10. The van der Waals surface area contributed by atoms with Crippen LogP contribution in [-0.2, 0) is 17.8 Å². The molecule has 1 saturated carbocycles. The zero-order valence-electron chi connectivity index (χ0n) is 15.5. The third kappa shape index (κ3) is 4.19. The molecule has 2 aromatic rings. The number of alkyl halides is 3. The summed E-state index contributed by atoms with van der Waals surface area (Å²) in [4.78, 5) is 16.2. The molecule has 0 saturated heterocycles. The van der Waals surface area contributed by atoms with E-state index in [1.165, 1.54) is 10.4 Å². The van der Waals surface area contributed by atoms with E-state index in [4.69, 9.17) is 0 Å². The van der Waals surface area contributed by atoms with Crippen LogP contribution >= 0.6 is 11.3 Å². The second kappa shape index (κ2) is 7.78. The fourth-order valence-corrected chi connectivity index (χ4v) is 5.08. The first-order chi connectivity index (χ1) is 13.4. The van der Waals surface area contributed by atoms with E-state index >= 15 is 0 Å². The maximum atomic E-state index is 13.0. The van der Waals surface area contributed by atoms with Gasteiger partial charge in [-0.15, -0.1) is 11.3 Å². The van der Waals surface area contributed by atoms with Crippen molar-refractivity contribution in [3.63, 3.8) is 0 Å². The molecule has 1 aliphatic heterocycles. The molecular weight excluding hydrogens is 385 g/mol. The Hall–Kier alpha value is -2.02. The van der Waals surface area contributed by atoms with Crippen LogP contribution < -0.4 is 10.2 Å². The molecule has 0 radical (unpaired) electrons. The number of hydrogen-bond acceptors (Lipinski definition) is 3. The monoisotopic (exact) mass is 408 g/mol. The predicted molar refractivity (Wildman–Crippen MR) is 106 cm³/mol. The van der Waals surface area contributed by atoms with Crippen molar-refractivity contribution >= 4 is 28.6 Å². The maximum Gasteiger partial charge on any atom is 0.391 e. The van der Waals surface area contributed by atoms with Crippen molar-refractivity contribution in [3.05, 3.63) is 46.2 Å². The van der Waals surface area contributed by atoms with E-state index in [0.717, 1.165) is 25.2 Å². The molecule has 1 aliphatic carbocycles. The number of thiophene rings is 1. The number of carbonyl (C=O) groups excluding carboxylic acids is 1. The molecule has 0 bridgehead atoms. The van der Waals surface area contributed by atoms with Crippen molar-refractivity contribution in [2.45, 2.75) is 44.8 Å². The summed E-state index contributed by atoms with van der Waals surface area (Å²) in [5.41, 5.74) is 3.09. The third-order valence-corrected chi connectivity index (χ3v) is 6.84. The first-order valence-corrected chi connectivity index (χ1v) is 10.6. The molecule has 7 heteroatoms. The topological polar surface area (TPSA) is 32.3 Å². The standard InChI is InChI=1S/C21H23F3N2OS/c22-21(23,24)16-3-1-2-14(12-16)20(27)25-17-4-6-18(7-5-17)26-10-8-19-15(13-26)9-11-28-19/h4-7,9,11,14,16H,1-3,8,10,12-13H2,(H,25,27). The smallest absolute Gasteiger partial charge is 0.367 e. The number of nitrogens with zero attached hydrogens (tertiary/aromatic N) is 1. The number of carbonyl (C=O) groups is 1. The van der Waals surface area contributed by atoms with Crippen molar-refractivity contribution in [3.8, 4) is 0 Å². The van der Waals surface area contributed by atoms with Crippen molar-refractivity contribution in [1.82, 2.24) is 0 Å². The summed E-state index contributed by atoms with van der Waals surface area (Å²) in [5, 5.41) is 4.93. The number of anilines is 2. The minimum absolute atomic E-state index is 0.107. The Morgan fingerprint density at radius 1 is 1.14 bits per heavy atom. The molecule has 0 spiro atoms. The van der Waals surface area contributed by atoms with Gasteiger partial charge in [0, 0.05) is 35.3 Å². The zero-order valence-corrected chi connectivity index (χ0v) is 16.3. The number of rotatable bonds is 3. The van der Waals surface area contributed by atoms with Gasteiger partial charge in [-0.3, -0.25) is 4.79 Å². The van der Waals surface area contributed by atoms with Gasteiger partial charge >= 0.3 is 6.18 Å². The number of nitrogens with one attached hydrogen (secondary N) is 1. The van der Waals surface area contributed by atoms with Gasteiger partial charge in [-0.1, -0.05) is 6.42 Å². The zero-order chi connectivity index (χ0) is 19.7. The first kappa shape index (κ1) is 19.3. The molecule has 2 atom stereocenters. The molecule has 1 aromatic carbocycles. The van der Waals surface area contributed by atoms with Crippen LogP contribution in [0.25, 0.3) is 0 Å². The summed E-state index contributed by atoms with van der Waals surface area (Å²) in [6, 6.07) is 9.76. The quantitative estimate of drug-likeness (QED) is 0.715. The third-order valence-electron chi connectivity index (χ3n) is 5.82. The lowest BCUT2D eigenvalue weighted by Gasteiger charge is -2.30. The lowest BCUT2D eigenvalue weighted by molar-refractivity contribution is -0.185. The lowest BCUT2D eigenvalue weighted by atomic mass is 9.80. The second-order valence-corrected chi connectivity index (χ2v) is 8.68. The van der Waals surface area contributed by atoms with Gasteiger partial charge in [-0.2, -0.15) is 13.2 Å². The van der Waals surface area contributed by atoms with E-state index < -0.39 is 18.0 Å². The molecule has 2 unspecified atom stereocenters. The van der Waals surface area contributed by atoms with Crippen molar-refractivity contribution in [1.29, 1.82) is 0 Å². The van der Waals surface area contributed by atoms with Crippen molar-refractivity contribution in [2.24, 2.45) is 11.8 Å². The van der Waals surface area contributed by atoms with Crippen LogP contribution in [0.2, 0.25) is 0 Å². The molecule has 2 aliphatic rings. The minimum Gasteiger partial charge on any atom is -0.367 e. The van der Waals surface area contributed by atoms with E-state index in [-0.39, 0.29) is 18.7 Å². The molecule has 3 nitrogen and oxygen atoms in total. The van der Waals surface area contributed by atoms with Gasteiger partial charge in [-0.05, 0) is 67.0 Å². The fourth-order valence-electron chi connectivity index (χ4n) is 4.19. The molecule has 2 heterocycles. The van der Waals surface area contributed by atoms with Crippen LogP contribution in [0.15, 0.2) is 35.7 Å². The molecular formula is C21H23F3N2OS. The van der Waals surface area contributed by atoms with Crippen LogP contribution in [0.4, 0.5) is 24.5 Å². The average Bonchev–Trinajstić information content (AvgIpc) is 3.16. The van der Waals surface area contributed by atoms with Gasteiger partial charge in [0.15, 0.2) is 0 Å². The Labute approximate surface area is 166 Å². The van der Waals surface area contributed by atoms with E-state index in [0.29, 0.717) is 18.5 Å². The normalized spacial score (nSPS) is 22.6. The summed E-state index contributed by atoms with van der Waals surface area (Å²) < 4.78 is 38.9. The average molecular weight is 408 g/mol. The maximum absolute atomic E-state index is 13.0. The van der Waals surface area contributed by atoms with Gasteiger partial charge in [0.05, 0.1) is 5.92 Å². The van der Waals surface area contributed by atoms with Crippen LogP contribution in [0.1, 0.15) is 36.1 Å². The number of hydrogen-bond donors (Lipinski definition) is 1. The highest BCUT2D eigenvalue weighted by Crippen LogP contribution is 2.40. The number of benzene rings is 1. The predicted octanol–water partition coefficient (Wildman–Crippen LogP) is 5.62. The summed E-state index contributed by atoms with van der Waals surface area (Å²) >= 11 is 1.80. The van der Waals surface area contributed by atoms with E-state index in [1.54, 1.807) is 11.3 Å². The molecule has 1 fully saturated rings. The van der Waals surface area contributed by atoms with Gasteiger partial charge < -0.3 is 10.2 Å². The number of halogens is 3. The summed E-state index contributed by atoms with van der Waals surface area (Å²) in [6.07, 6.45) is -2.19. The Balaban J connectivity index is 1.36. The largest absolute Gasteiger partial charge is 0.391 e. The highest BCUT2D eigenvalue weighted by Gasteiger charge is 2.43. The SMILES string of the molecule is O=C(Nc1ccc(N2CCc3sccc3C2)cc1)C1CCCC(C(F)(F)F)C1. The number of fused-ring (bicyclic) bond motifs is 1. The fraction of sp³-hybridized carbons (Fsp3) is 0.476. The Bertz CT molecular complexity index is 831. The van der Waals surface area contributed by atoms with Gasteiger partial charge in [0.25, 0.3) is 0 Å². The Morgan fingerprint density at radius 3 is 2.68 bits per heavy atom. The Kier molecular flexibility index (Phi) is 5.36. The lowest BCUT2D eigenvalue weighted by Crippen LogP contribution is -2.34. The summed E-state index contributed by atoms with van der Waals surface area (Å²) in [6.45, 7) is 1.84. The van der Waals surface area contributed by atoms with Crippen LogP contribution in [0.3, 0.4) is 0 Å². The van der Waals surface area contributed by atoms with Crippen LogP contribution in [0.5, 0.6) is 0 Å². The van der Waals surface area contributed by atoms with Crippen molar-refractivity contribution < 1.29 is 18.0 Å². The van der Waals surface area contributed by atoms with Crippen LogP contribution in [-0.4, -0.2) is 18.6 Å². The molecule has 1 amide bonds. The molecule has 1 aromatic heterocycles.